The fraction of sp³-hybridized carbons (Fsp3) is 0.273. The quantitative estimate of drug-likeness (QED) is 0.223. The lowest BCUT2D eigenvalue weighted by atomic mass is 9.95. The van der Waals surface area contributed by atoms with Crippen molar-refractivity contribution in [1.29, 1.82) is 0 Å². The highest BCUT2D eigenvalue weighted by atomic mass is 31.2. The van der Waals surface area contributed by atoms with Gasteiger partial charge in [-0.15, -0.1) is 0 Å². The van der Waals surface area contributed by atoms with Crippen molar-refractivity contribution in [2.75, 3.05) is 34.3 Å². The molecular weight excluding hydrogens is 522 g/mol. The van der Waals surface area contributed by atoms with Gasteiger partial charge in [-0.3, -0.25) is 0 Å². The Morgan fingerprint density at radius 1 is 0.436 bits per heavy atom. The molecular formula is C33H34O4P2. The summed E-state index contributed by atoms with van der Waals surface area (Å²) in [6.45, 7) is 0. The first-order valence-corrected chi connectivity index (χ1v) is 17.0. The van der Waals surface area contributed by atoms with Crippen LogP contribution in [0.2, 0.25) is 0 Å². The Bertz CT molecular complexity index is 1290. The van der Waals surface area contributed by atoms with E-state index < -0.39 is 0 Å². The predicted molar refractivity (Wildman–Crippen MR) is 163 cm³/mol. The van der Waals surface area contributed by atoms with Crippen molar-refractivity contribution in [3.05, 3.63) is 95.1 Å². The second kappa shape index (κ2) is 11.2. The number of hydrogen-bond donors (Lipinski definition) is 0. The maximum Gasteiger partial charge on any atom is 0.127 e. The van der Waals surface area contributed by atoms with Crippen LogP contribution in [0.25, 0.3) is 22.3 Å². The summed E-state index contributed by atoms with van der Waals surface area (Å²) < 4.78 is 23.5. The van der Waals surface area contributed by atoms with E-state index in [1.54, 1.807) is 28.4 Å². The molecule has 0 fully saturated rings. The van der Waals surface area contributed by atoms with Gasteiger partial charge in [0.2, 0.25) is 0 Å². The van der Waals surface area contributed by atoms with Crippen molar-refractivity contribution in [2.24, 2.45) is 0 Å². The molecule has 4 nitrogen and oxygen atoms in total. The Kier molecular flexibility index (Phi) is 7.52. The number of methoxy groups -OCH3 is 4. The average Bonchev–Trinajstić information content (AvgIpc) is 3.23. The van der Waals surface area contributed by atoms with Gasteiger partial charge in [-0.25, -0.2) is 0 Å². The molecule has 6 rings (SSSR count). The molecule has 0 aliphatic carbocycles. The highest BCUT2D eigenvalue weighted by molar-refractivity contribution is 7.73. The highest BCUT2D eigenvalue weighted by Gasteiger charge is 2.31. The van der Waals surface area contributed by atoms with Gasteiger partial charge in [-0.2, -0.15) is 0 Å². The van der Waals surface area contributed by atoms with E-state index in [0.717, 1.165) is 47.6 Å². The molecule has 2 aliphatic rings. The normalized spacial score (nSPS) is 14.7. The molecule has 200 valence electrons. The van der Waals surface area contributed by atoms with Crippen LogP contribution < -0.4 is 18.9 Å². The lowest BCUT2D eigenvalue weighted by Crippen LogP contribution is -1.96. The summed E-state index contributed by atoms with van der Waals surface area (Å²) in [5.74, 6) is 4.97. The standard InChI is InChI=1S/C33H34O4P2/c1-34-26-13-5-9-22-17-38(18-23-10-6-14-27(35-2)31(23)30(22)26)21-39-19-24-11-7-15-28(36-3)32(24)33-25(20-39)12-8-16-29(33)37-4/h5-16H,17-21H2,1-4H3. The molecule has 0 atom stereocenters. The van der Waals surface area contributed by atoms with Crippen LogP contribution in [0.1, 0.15) is 22.3 Å². The largest absolute Gasteiger partial charge is 0.496 e. The van der Waals surface area contributed by atoms with E-state index in [-0.39, 0.29) is 15.8 Å². The summed E-state index contributed by atoms with van der Waals surface area (Å²) in [6.07, 6.45) is 4.37. The minimum absolute atomic E-state index is 0.287. The van der Waals surface area contributed by atoms with Crippen molar-refractivity contribution in [1.82, 2.24) is 0 Å². The van der Waals surface area contributed by atoms with E-state index >= 15 is 0 Å². The van der Waals surface area contributed by atoms with Crippen LogP contribution in [0.3, 0.4) is 0 Å². The highest BCUT2D eigenvalue weighted by Crippen LogP contribution is 2.63. The van der Waals surface area contributed by atoms with E-state index in [4.69, 9.17) is 18.9 Å². The average molecular weight is 557 g/mol. The Morgan fingerprint density at radius 3 is 0.923 bits per heavy atom. The van der Waals surface area contributed by atoms with Gasteiger partial charge in [0.1, 0.15) is 23.0 Å². The van der Waals surface area contributed by atoms with Crippen molar-refractivity contribution in [3.8, 4) is 45.3 Å². The predicted octanol–water partition coefficient (Wildman–Crippen LogP) is 8.70. The van der Waals surface area contributed by atoms with E-state index in [1.165, 1.54) is 50.4 Å². The van der Waals surface area contributed by atoms with Crippen LogP contribution in [0.5, 0.6) is 23.0 Å². The van der Waals surface area contributed by atoms with Crippen molar-refractivity contribution in [2.45, 2.75) is 24.6 Å². The molecule has 0 bridgehead atoms. The second-order valence-corrected chi connectivity index (χ2v) is 15.2. The molecule has 0 unspecified atom stereocenters. The molecule has 0 saturated carbocycles. The lowest BCUT2D eigenvalue weighted by Gasteiger charge is -2.24. The fourth-order valence-corrected chi connectivity index (χ4v) is 13.3. The molecule has 0 N–H and O–H groups in total. The first kappa shape index (κ1) is 26.2. The van der Waals surface area contributed by atoms with Gasteiger partial charge >= 0.3 is 0 Å². The molecule has 0 saturated heterocycles. The van der Waals surface area contributed by atoms with Crippen LogP contribution in [-0.4, -0.2) is 34.3 Å². The number of hydrogen-bond acceptors (Lipinski definition) is 4. The second-order valence-electron chi connectivity index (χ2n) is 10.1. The molecule has 2 aliphatic heterocycles. The zero-order valence-corrected chi connectivity index (χ0v) is 24.8. The summed E-state index contributed by atoms with van der Waals surface area (Å²) >= 11 is 0. The van der Waals surface area contributed by atoms with Crippen molar-refractivity contribution in [3.63, 3.8) is 0 Å². The van der Waals surface area contributed by atoms with Gasteiger partial charge in [0, 0.05) is 22.3 Å². The van der Waals surface area contributed by atoms with Gasteiger partial charge in [0.15, 0.2) is 0 Å². The van der Waals surface area contributed by atoms with Crippen LogP contribution in [0, 0.1) is 0 Å². The Labute approximate surface area is 233 Å². The van der Waals surface area contributed by atoms with Crippen LogP contribution in [-0.2, 0) is 24.6 Å². The third-order valence-electron chi connectivity index (χ3n) is 7.81. The van der Waals surface area contributed by atoms with Gasteiger partial charge in [0.25, 0.3) is 0 Å². The van der Waals surface area contributed by atoms with Crippen LogP contribution >= 0.6 is 15.8 Å². The van der Waals surface area contributed by atoms with Crippen LogP contribution in [0.15, 0.2) is 72.8 Å². The smallest absolute Gasteiger partial charge is 0.127 e. The van der Waals surface area contributed by atoms with Gasteiger partial charge in [-0.05, 0) is 77.1 Å². The van der Waals surface area contributed by atoms with Crippen molar-refractivity contribution >= 4 is 15.8 Å². The summed E-state index contributed by atoms with van der Waals surface area (Å²) in [6, 6.07) is 26.0. The van der Waals surface area contributed by atoms with E-state index in [0.29, 0.717) is 0 Å². The SMILES string of the molecule is COc1cccc2c1-c1c(cccc1OC)CP(CP1Cc3cccc(OC)c3-c3c(cccc3OC)C1)C2. The van der Waals surface area contributed by atoms with Crippen LogP contribution in [0.4, 0.5) is 0 Å². The first-order chi connectivity index (χ1) is 19.1. The van der Waals surface area contributed by atoms with Gasteiger partial charge in [-0.1, -0.05) is 64.4 Å². The summed E-state index contributed by atoms with van der Waals surface area (Å²) in [5, 5.41) is 0. The number of ether oxygens (including phenoxy) is 4. The van der Waals surface area contributed by atoms with Gasteiger partial charge in [0.05, 0.1) is 28.4 Å². The monoisotopic (exact) mass is 556 g/mol. The van der Waals surface area contributed by atoms with E-state index in [1.807, 2.05) is 0 Å². The first-order valence-electron chi connectivity index (χ1n) is 13.2. The zero-order chi connectivity index (χ0) is 26.9. The molecule has 4 aromatic carbocycles. The molecule has 0 amide bonds. The Hall–Kier alpha value is -3.06. The minimum atomic E-state index is -0.287. The molecule has 2 heterocycles. The van der Waals surface area contributed by atoms with E-state index in [9.17, 15) is 0 Å². The number of fused-ring (bicyclic) bond motifs is 6. The molecule has 6 heteroatoms. The lowest BCUT2D eigenvalue weighted by molar-refractivity contribution is 0.410. The third kappa shape index (κ3) is 4.79. The van der Waals surface area contributed by atoms with Crippen molar-refractivity contribution < 1.29 is 18.9 Å². The molecule has 39 heavy (non-hydrogen) atoms. The topological polar surface area (TPSA) is 36.9 Å². The zero-order valence-electron chi connectivity index (χ0n) is 23.0. The molecule has 0 spiro atoms. The third-order valence-corrected chi connectivity index (χ3v) is 14.2. The minimum Gasteiger partial charge on any atom is -0.496 e. The summed E-state index contributed by atoms with van der Waals surface area (Å²) in [4.78, 5) is 0. The summed E-state index contributed by atoms with van der Waals surface area (Å²) in [5.41, 5.74) is 10.3. The molecule has 0 aromatic heterocycles. The Morgan fingerprint density at radius 2 is 0.692 bits per heavy atom. The number of rotatable bonds is 6. The molecule has 4 aromatic rings. The fourth-order valence-electron chi connectivity index (χ4n) is 6.21. The Balaban J connectivity index is 1.41. The summed E-state index contributed by atoms with van der Waals surface area (Å²) in [7, 11) is 6.50. The van der Waals surface area contributed by atoms with Gasteiger partial charge < -0.3 is 18.9 Å². The van der Waals surface area contributed by atoms with E-state index in [2.05, 4.69) is 72.8 Å². The maximum absolute atomic E-state index is 5.88. The molecule has 0 radical (unpaired) electrons. The maximum atomic E-state index is 5.88. The number of benzene rings is 4.